The van der Waals surface area contributed by atoms with Crippen LogP contribution in [0.2, 0.25) is 0 Å². The Morgan fingerprint density at radius 2 is 2.29 bits per heavy atom. The second kappa shape index (κ2) is 4.26. The van der Waals surface area contributed by atoms with Crippen LogP contribution in [0.3, 0.4) is 0 Å². The molecule has 0 saturated carbocycles. The van der Waals surface area contributed by atoms with Gasteiger partial charge in [0.15, 0.2) is 0 Å². The zero-order valence-corrected chi connectivity index (χ0v) is 11.3. The highest BCUT2D eigenvalue weighted by Crippen LogP contribution is 2.34. The zero-order chi connectivity index (χ0) is 11.8. The smallest absolute Gasteiger partial charge is 0.122 e. The summed E-state index contributed by atoms with van der Waals surface area (Å²) in [7, 11) is 0. The molecule has 1 atom stereocenters. The van der Waals surface area contributed by atoms with Gasteiger partial charge >= 0.3 is 0 Å². The molecule has 3 heterocycles. The van der Waals surface area contributed by atoms with Crippen molar-refractivity contribution in [3.8, 4) is 11.4 Å². The molecule has 0 spiro atoms. The fourth-order valence-corrected chi connectivity index (χ4v) is 3.28. The molecular formula is C13H14BrN3. The number of pyridine rings is 1. The van der Waals surface area contributed by atoms with Crippen molar-refractivity contribution in [1.29, 1.82) is 0 Å². The van der Waals surface area contributed by atoms with Crippen LogP contribution < -0.4 is 0 Å². The first-order valence-electron chi connectivity index (χ1n) is 5.95. The SMILES string of the molecule is C[C@@H]1CCCc2nc(-c3ccccn3)c(Br)n21. The molecule has 0 radical (unpaired) electrons. The number of hydrogen-bond donors (Lipinski definition) is 0. The van der Waals surface area contributed by atoms with E-state index in [1.165, 1.54) is 18.7 Å². The summed E-state index contributed by atoms with van der Waals surface area (Å²) in [6, 6.07) is 6.45. The lowest BCUT2D eigenvalue weighted by atomic mass is 10.1. The second-order valence-corrected chi connectivity index (χ2v) is 5.24. The number of aryl methyl sites for hydroxylation is 1. The first-order chi connectivity index (χ1) is 8.27. The molecular weight excluding hydrogens is 278 g/mol. The summed E-state index contributed by atoms with van der Waals surface area (Å²) in [5.74, 6) is 1.18. The van der Waals surface area contributed by atoms with E-state index in [0.717, 1.165) is 22.4 Å². The topological polar surface area (TPSA) is 30.7 Å². The maximum Gasteiger partial charge on any atom is 0.122 e. The Morgan fingerprint density at radius 3 is 3.00 bits per heavy atom. The first-order valence-corrected chi connectivity index (χ1v) is 6.74. The maximum atomic E-state index is 4.72. The van der Waals surface area contributed by atoms with Crippen LogP contribution in [0, 0.1) is 0 Å². The number of aromatic nitrogens is 3. The Hall–Kier alpha value is -1.16. The van der Waals surface area contributed by atoms with Gasteiger partial charge in [-0.05, 0) is 47.8 Å². The number of halogens is 1. The Morgan fingerprint density at radius 1 is 1.41 bits per heavy atom. The lowest BCUT2D eigenvalue weighted by Crippen LogP contribution is -2.15. The van der Waals surface area contributed by atoms with Gasteiger partial charge in [-0.1, -0.05) is 6.07 Å². The minimum absolute atomic E-state index is 0.526. The first kappa shape index (κ1) is 11.0. The van der Waals surface area contributed by atoms with E-state index >= 15 is 0 Å². The molecule has 0 N–H and O–H groups in total. The van der Waals surface area contributed by atoms with Crippen LogP contribution in [-0.2, 0) is 6.42 Å². The summed E-state index contributed by atoms with van der Waals surface area (Å²) >= 11 is 3.67. The van der Waals surface area contributed by atoms with Gasteiger partial charge in [0.1, 0.15) is 16.1 Å². The van der Waals surface area contributed by atoms with Crippen molar-refractivity contribution in [2.75, 3.05) is 0 Å². The van der Waals surface area contributed by atoms with E-state index < -0.39 is 0 Å². The van der Waals surface area contributed by atoms with E-state index in [1.54, 1.807) is 0 Å². The summed E-state index contributed by atoms with van der Waals surface area (Å²) in [6.07, 6.45) is 5.33. The molecule has 1 aliphatic rings. The van der Waals surface area contributed by atoms with Crippen LogP contribution in [0.1, 0.15) is 31.6 Å². The highest BCUT2D eigenvalue weighted by Gasteiger charge is 2.23. The fourth-order valence-electron chi connectivity index (χ4n) is 2.43. The zero-order valence-electron chi connectivity index (χ0n) is 9.73. The van der Waals surface area contributed by atoms with Crippen LogP contribution in [0.4, 0.5) is 0 Å². The quantitative estimate of drug-likeness (QED) is 0.804. The van der Waals surface area contributed by atoms with Crippen LogP contribution >= 0.6 is 15.9 Å². The summed E-state index contributed by atoms with van der Waals surface area (Å²) in [5, 5.41) is 0. The largest absolute Gasteiger partial charge is 0.319 e. The highest BCUT2D eigenvalue weighted by molar-refractivity contribution is 9.10. The van der Waals surface area contributed by atoms with Crippen LogP contribution in [0.25, 0.3) is 11.4 Å². The molecule has 0 saturated heterocycles. The monoisotopic (exact) mass is 291 g/mol. The Balaban J connectivity index is 2.14. The molecule has 2 aromatic rings. The van der Waals surface area contributed by atoms with E-state index in [4.69, 9.17) is 4.98 Å². The van der Waals surface area contributed by atoms with Gasteiger partial charge in [-0.3, -0.25) is 4.98 Å². The molecule has 17 heavy (non-hydrogen) atoms. The van der Waals surface area contributed by atoms with Crippen molar-refractivity contribution in [2.24, 2.45) is 0 Å². The highest BCUT2D eigenvalue weighted by atomic mass is 79.9. The third kappa shape index (κ3) is 1.80. The van der Waals surface area contributed by atoms with Gasteiger partial charge in [-0.2, -0.15) is 0 Å². The van der Waals surface area contributed by atoms with Crippen molar-refractivity contribution < 1.29 is 0 Å². The fraction of sp³-hybridized carbons (Fsp3) is 0.385. The minimum atomic E-state index is 0.526. The molecule has 0 unspecified atom stereocenters. The minimum Gasteiger partial charge on any atom is -0.319 e. The lowest BCUT2D eigenvalue weighted by molar-refractivity contribution is 0.420. The standard InChI is InChI=1S/C13H14BrN3/c1-9-5-4-7-11-16-12(13(14)17(9)11)10-6-2-3-8-15-10/h2-3,6,8-9H,4-5,7H2,1H3/t9-/m1/s1. The van der Waals surface area contributed by atoms with E-state index in [1.807, 2.05) is 24.4 Å². The number of nitrogens with zero attached hydrogens (tertiary/aromatic N) is 3. The maximum absolute atomic E-state index is 4.72. The molecule has 1 aliphatic heterocycles. The van der Waals surface area contributed by atoms with Crippen molar-refractivity contribution in [2.45, 2.75) is 32.2 Å². The van der Waals surface area contributed by atoms with Gasteiger partial charge < -0.3 is 4.57 Å². The molecule has 2 aromatic heterocycles. The summed E-state index contributed by atoms with van der Waals surface area (Å²) < 4.78 is 3.37. The average molecular weight is 292 g/mol. The summed E-state index contributed by atoms with van der Waals surface area (Å²) in [5.41, 5.74) is 1.91. The van der Waals surface area contributed by atoms with E-state index in [-0.39, 0.29) is 0 Å². The molecule has 0 fully saturated rings. The third-order valence-electron chi connectivity index (χ3n) is 3.30. The number of imidazole rings is 1. The molecule has 0 aliphatic carbocycles. The van der Waals surface area contributed by atoms with E-state index in [9.17, 15) is 0 Å². The molecule has 3 rings (SSSR count). The number of hydrogen-bond acceptors (Lipinski definition) is 2. The predicted octanol–water partition coefficient (Wildman–Crippen LogP) is 3.60. The lowest BCUT2D eigenvalue weighted by Gasteiger charge is -2.22. The van der Waals surface area contributed by atoms with Crippen molar-refractivity contribution in [3.05, 3.63) is 34.8 Å². The second-order valence-electron chi connectivity index (χ2n) is 4.49. The van der Waals surface area contributed by atoms with Crippen molar-refractivity contribution in [3.63, 3.8) is 0 Å². The number of fused-ring (bicyclic) bond motifs is 1. The van der Waals surface area contributed by atoms with Gasteiger partial charge in [-0.15, -0.1) is 0 Å². The molecule has 0 bridgehead atoms. The Bertz CT molecular complexity index is 533. The third-order valence-corrected chi connectivity index (χ3v) is 4.05. The van der Waals surface area contributed by atoms with Crippen molar-refractivity contribution >= 4 is 15.9 Å². The van der Waals surface area contributed by atoms with Gasteiger partial charge in [0.25, 0.3) is 0 Å². The molecule has 3 nitrogen and oxygen atoms in total. The van der Waals surface area contributed by atoms with Gasteiger partial charge in [0.05, 0.1) is 5.69 Å². The van der Waals surface area contributed by atoms with Gasteiger partial charge in [0.2, 0.25) is 0 Å². The number of rotatable bonds is 1. The van der Waals surface area contributed by atoms with Crippen LogP contribution in [0.5, 0.6) is 0 Å². The van der Waals surface area contributed by atoms with Crippen LogP contribution in [-0.4, -0.2) is 14.5 Å². The average Bonchev–Trinajstić information content (AvgIpc) is 2.69. The Labute approximate surface area is 109 Å². The molecule has 88 valence electrons. The molecule has 4 heteroatoms. The van der Waals surface area contributed by atoms with E-state index in [2.05, 4.69) is 32.4 Å². The normalized spacial score (nSPS) is 19.1. The van der Waals surface area contributed by atoms with Gasteiger partial charge in [-0.25, -0.2) is 4.98 Å². The van der Waals surface area contributed by atoms with Crippen molar-refractivity contribution in [1.82, 2.24) is 14.5 Å². The van der Waals surface area contributed by atoms with E-state index in [0.29, 0.717) is 6.04 Å². The van der Waals surface area contributed by atoms with Gasteiger partial charge in [0, 0.05) is 18.7 Å². The molecule has 0 amide bonds. The summed E-state index contributed by atoms with van der Waals surface area (Å²) in [6.45, 7) is 2.25. The predicted molar refractivity (Wildman–Crippen MR) is 70.8 cm³/mol. The summed E-state index contributed by atoms with van der Waals surface area (Å²) in [4.78, 5) is 9.10. The van der Waals surface area contributed by atoms with Crippen LogP contribution in [0.15, 0.2) is 29.0 Å². The Kier molecular flexibility index (Phi) is 2.74. The molecule has 0 aromatic carbocycles.